The minimum absolute atomic E-state index is 0.392. The van der Waals surface area contributed by atoms with E-state index in [9.17, 15) is 0 Å². The minimum Gasteiger partial charge on any atom is -0.316 e. The van der Waals surface area contributed by atoms with Crippen molar-refractivity contribution in [3.63, 3.8) is 0 Å². The van der Waals surface area contributed by atoms with Gasteiger partial charge in [-0.3, -0.25) is 4.40 Å². The molecule has 3 nitrogen and oxygen atoms in total. The maximum Gasteiger partial charge on any atom is 0.155 e. The van der Waals surface area contributed by atoms with Gasteiger partial charge >= 0.3 is 0 Å². The fourth-order valence-electron chi connectivity index (χ4n) is 2.43. The van der Waals surface area contributed by atoms with E-state index in [1.54, 1.807) is 0 Å². The quantitative estimate of drug-likeness (QED) is 0.807. The number of aromatic nitrogens is 2. The van der Waals surface area contributed by atoms with E-state index in [0.717, 1.165) is 30.9 Å². The number of fused-ring (bicyclic) bond motifs is 1. The van der Waals surface area contributed by atoms with Gasteiger partial charge in [-0.2, -0.15) is 0 Å². The maximum absolute atomic E-state index is 6.24. The molecule has 2 aromatic rings. The molecule has 3 heterocycles. The average Bonchev–Trinajstić information content (AvgIpc) is 2.70. The zero-order valence-corrected chi connectivity index (χ0v) is 10.8. The Morgan fingerprint density at radius 2 is 2.24 bits per heavy atom. The van der Waals surface area contributed by atoms with Gasteiger partial charge in [0.05, 0.1) is 5.52 Å². The summed E-state index contributed by atoms with van der Waals surface area (Å²) < 4.78 is 1.96. The van der Waals surface area contributed by atoms with Gasteiger partial charge in [-0.25, -0.2) is 4.98 Å². The van der Waals surface area contributed by atoms with Crippen molar-refractivity contribution in [2.75, 3.05) is 13.1 Å². The molecule has 1 N–H and O–H groups in total. The average molecular weight is 270 g/mol. The predicted octanol–water partition coefficient (Wildman–Crippen LogP) is 3.11. The first-order chi connectivity index (χ1) is 8.27. The van der Waals surface area contributed by atoms with Gasteiger partial charge in [0, 0.05) is 12.5 Å². The van der Waals surface area contributed by atoms with Crippen molar-refractivity contribution in [2.45, 2.75) is 18.8 Å². The fourth-order valence-corrected chi connectivity index (χ4v) is 2.92. The topological polar surface area (TPSA) is 29.3 Å². The first-order valence-corrected chi connectivity index (χ1v) is 6.56. The predicted molar refractivity (Wildman–Crippen MR) is 70.1 cm³/mol. The first-order valence-electron chi connectivity index (χ1n) is 5.80. The molecule has 2 aromatic heterocycles. The summed E-state index contributed by atoms with van der Waals surface area (Å²) in [6.45, 7) is 2.03. The Hall–Kier alpha value is -0.770. The molecule has 1 aliphatic heterocycles. The molecule has 0 amide bonds. The Labute approximate surface area is 110 Å². The van der Waals surface area contributed by atoms with Crippen LogP contribution in [0.2, 0.25) is 10.3 Å². The van der Waals surface area contributed by atoms with Gasteiger partial charge < -0.3 is 5.32 Å². The van der Waals surface area contributed by atoms with Crippen LogP contribution in [0, 0.1) is 0 Å². The maximum atomic E-state index is 6.24. The van der Waals surface area contributed by atoms with Crippen LogP contribution in [0.25, 0.3) is 5.52 Å². The van der Waals surface area contributed by atoms with E-state index in [-0.39, 0.29) is 0 Å². The molecular weight excluding hydrogens is 257 g/mol. The zero-order chi connectivity index (χ0) is 11.8. The highest BCUT2D eigenvalue weighted by Gasteiger charge is 2.22. The van der Waals surface area contributed by atoms with Gasteiger partial charge in [-0.15, -0.1) is 0 Å². The van der Waals surface area contributed by atoms with Crippen LogP contribution in [0.15, 0.2) is 18.2 Å². The van der Waals surface area contributed by atoms with E-state index in [4.69, 9.17) is 23.2 Å². The molecule has 1 unspecified atom stereocenters. The number of nitrogens with zero attached hydrogens (tertiary/aromatic N) is 2. The van der Waals surface area contributed by atoms with Crippen LogP contribution < -0.4 is 5.32 Å². The molecule has 1 atom stereocenters. The Kier molecular flexibility index (Phi) is 2.99. The number of pyridine rings is 1. The second-order valence-corrected chi connectivity index (χ2v) is 5.12. The summed E-state index contributed by atoms with van der Waals surface area (Å²) in [6, 6.07) is 5.71. The van der Waals surface area contributed by atoms with Gasteiger partial charge in [-0.05, 0) is 31.5 Å². The Balaban J connectivity index is 2.15. The molecule has 1 fully saturated rings. The standard InChI is InChI=1S/C12H13Cl2N3/c13-10-5-1-4-9-11(14)16-12(17(9)10)8-3-2-6-15-7-8/h1,4-5,8,15H,2-3,6-7H2. The highest BCUT2D eigenvalue weighted by molar-refractivity contribution is 6.33. The second-order valence-electron chi connectivity index (χ2n) is 4.37. The van der Waals surface area contributed by atoms with Crippen LogP contribution in [0.1, 0.15) is 24.6 Å². The van der Waals surface area contributed by atoms with Gasteiger partial charge in [0.25, 0.3) is 0 Å². The van der Waals surface area contributed by atoms with Crippen molar-refractivity contribution in [1.82, 2.24) is 14.7 Å². The van der Waals surface area contributed by atoms with Gasteiger partial charge in [0.2, 0.25) is 0 Å². The van der Waals surface area contributed by atoms with Gasteiger partial charge in [0.15, 0.2) is 5.15 Å². The third-order valence-corrected chi connectivity index (χ3v) is 3.83. The van der Waals surface area contributed by atoms with Crippen molar-refractivity contribution >= 4 is 28.7 Å². The summed E-state index contributed by atoms with van der Waals surface area (Å²) in [5, 5.41) is 4.59. The molecule has 90 valence electrons. The van der Waals surface area contributed by atoms with Crippen molar-refractivity contribution in [3.8, 4) is 0 Å². The van der Waals surface area contributed by atoms with E-state index in [2.05, 4.69) is 10.3 Å². The number of rotatable bonds is 1. The monoisotopic (exact) mass is 269 g/mol. The molecule has 0 aromatic carbocycles. The zero-order valence-electron chi connectivity index (χ0n) is 9.29. The summed E-state index contributed by atoms with van der Waals surface area (Å²) >= 11 is 12.4. The molecule has 0 radical (unpaired) electrons. The lowest BCUT2D eigenvalue weighted by Gasteiger charge is -2.21. The molecule has 3 rings (SSSR count). The number of halogens is 2. The highest BCUT2D eigenvalue weighted by atomic mass is 35.5. The smallest absolute Gasteiger partial charge is 0.155 e. The third-order valence-electron chi connectivity index (χ3n) is 3.26. The van der Waals surface area contributed by atoms with E-state index in [0.29, 0.717) is 16.2 Å². The molecule has 0 spiro atoms. The van der Waals surface area contributed by atoms with Crippen LogP contribution in [0.5, 0.6) is 0 Å². The Morgan fingerprint density at radius 3 is 3.00 bits per heavy atom. The lowest BCUT2D eigenvalue weighted by atomic mass is 9.99. The van der Waals surface area contributed by atoms with Gasteiger partial charge in [0.1, 0.15) is 11.0 Å². The molecule has 1 aliphatic rings. The molecule has 1 saturated heterocycles. The Bertz CT molecular complexity index is 544. The molecule has 0 aliphatic carbocycles. The summed E-state index contributed by atoms with van der Waals surface area (Å²) in [5.74, 6) is 1.37. The van der Waals surface area contributed by atoms with E-state index >= 15 is 0 Å². The number of nitrogens with one attached hydrogen (secondary N) is 1. The van der Waals surface area contributed by atoms with E-state index in [1.165, 1.54) is 6.42 Å². The fraction of sp³-hybridized carbons (Fsp3) is 0.417. The van der Waals surface area contributed by atoms with Crippen LogP contribution in [-0.2, 0) is 0 Å². The van der Waals surface area contributed by atoms with Crippen molar-refractivity contribution < 1.29 is 0 Å². The Morgan fingerprint density at radius 1 is 1.35 bits per heavy atom. The SMILES string of the molecule is Clc1nc(C2CCCNC2)n2c(Cl)cccc12. The number of hydrogen-bond donors (Lipinski definition) is 1. The third kappa shape index (κ3) is 1.92. The lowest BCUT2D eigenvalue weighted by molar-refractivity contribution is 0.446. The van der Waals surface area contributed by atoms with E-state index < -0.39 is 0 Å². The molecule has 0 bridgehead atoms. The number of imidazole rings is 1. The van der Waals surface area contributed by atoms with E-state index in [1.807, 2.05) is 22.6 Å². The first kappa shape index (κ1) is 11.3. The van der Waals surface area contributed by atoms with Crippen LogP contribution in [0.4, 0.5) is 0 Å². The summed E-state index contributed by atoms with van der Waals surface area (Å²) in [7, 11) is 0. The van der Waals surface area contributed by atoms with Crippen LogP contribution in [0.3, 0.4) is 0 Å². The number of hydrogen-bond acceptors (Lipinski definition) is 2. The second kappa shape index (κ2) is 4.48. The molecular formula is C12H13Cl2N3. The minimum atomic E-state index is 0.392. The highest BCUT2D eigenvalue weighted by Crippen LogP contribution is 2.29. The normalized spacial score (nSPS) is 20.9. The van der Waals surface area contributed by atoms with Crippen molar-refractivity contribution in [1.29, 1.82) is 0 Å². The lowest BCUT2D eigenvalue weighted by Crippen LogP contribution is -2.29. The van der Waals surface area contributed by atoms with Crippen molar-refractivity contribution in [3.05, 3.63) is 34.3 Å². The van der Waals surface area contributed by atoms with Crippen molar-refractivity contribution in [2.24, 2.45) is 0 Å². The van der Waals surface area contributed by atoms with Crippen LogP contribution >= 0.6 is 23.2 Å². The summed E-state index contributed by atoms with van der Waals surface area (Å²) in [4.78, 5) is 4.48. The summed E-state index contributed by atoms with van der Waals surface area (Å²) in [5.41, 5.74) is 0.889. The molecule has 0 saturated carbocycles. The summed E-state index contributed by atoms with van der Waals surface area (Å²) in [6.07, 6.45) is 2.30. The molecule has 17 heavy (non-hydrogen) atoms. The number of piperidine rings is 1. The van der Waals surface area contributed by atoms with Crippen LogP contribution in [-0.4, -0.2) is 22.5 Å². The van der Waals surface area contributed by atoms with Gasteiger partial charge in [-0.1, -0.05) is 29.3 Å². The molecule has 5 heteroatoms. The largest absolute Gasteiger partial charge is 0.316 e.